The Morgan fingerprint density at radius 1 is 0.800 bits per heavy atom. The summed E-state index contributed by atoms with van der Waals surface area (Å²) in [5.41, 5.74) is 0.153. The number of fused-ring (bicyclic) bond motifs is 2. The standard InChI is InChI=1S/C15H20N2O4.C13H16N2O4/c1-14(2,3)21-13(19)17-10-8-16-11(20-6)7-9(10)15(4,5)12(17)18;1-13(2,3)19-12(17)15-9-7-14-10(18-4)5-8(9)6-11(15)16/h7-8H,1-6H3;5,7H,6H2,1-4H3. The quantitative estimate of drug-likeness (QED) is 0.517. The molecule has 0 atom stereocenters. The number of amides is 4. The van der Waals surface area contributed by atoms with Gasteiger partial charge >= 0.3 is 12.2 Å². The van der Waals surface area contributed by atoms with E-state index in [1.165, 1.54) is 26.6 Å². The van der Waals surface area contributed by atoms with E-state index in [2.05, 4.69) is 9.97 Å². The summed E-state index contributed by atoms with van der Waals surface area (Å²) < 4.78 is 20.6. The molecule has 2 aromatic rings. The summed E-state index contributed by atoms with van der Waals surface area (Å²) >= 11 is 0. The van der Waals surface area contributed by atoms with Crippen LogP contribution in [0.4, 0.5) is 21.0 Å². The molecule has 0 aromatic carbocycles. The number of anilines is 2. The van der Waals surface area contributed by atoms with E-state index in [1.54, 1.807) is 67.5 Å². The molecule has 0 aliphatic carbocycles. The molecule has 4 heterocycles. The lowest BCUT2D eigenvalue weighted by molar-refractivity contribution is -0.122. The molecule has 12 nitrogen and oxygen atoms in total. The number of hydrogen-bond acceptors (Lipinski definition) is 10. The van der Waals surface area contributed by atoms with E-state index in [-0.39, 0.29) is 18.2 Å². The molecule has 0 fully saturated rings. The molecule has 0 radical (unpaired) electrons. The normalized spacial score (nSPS) is 15.6. The van der Waals surface area contributed by atoms with Crippen LogP contribution in [0, 0.1) is 0 Å². The Morgan fingerprint density at radius 3 is 1.77 bits per heavy atom. The van der Waals surface area contributed by atoms with Crippen molar-refractivity contribution in [1.29, 1.82) is 0 Å². The first kappa shape index (κ1) is 30.3. The van der Waals surface area contributed by atoms with Gasteiger partial charge in [0.2, 0.25) is 23.6 Å². The third kappa shape index (κ3) is 6.32. The van der Waals surface area contributed by atoms with E-state index >= 15 is 0 Å². The van der Waals surface area contributed by atoms with Crippen LogP contribution in [0.5, 0.6) is 11.8 Å². The van der Waals surface area contributed by atoms with Crippen molar-refractivity contribution in [3.05, 3.63) is 35.7 Å². The zero-order valence-electron chi connectivity index (χ0n) is 24.6. The molecule has 2 aliphatic rings. The lowest BCUT2D eigenvalue weighted by atomic mass is 9.87. The number of ether oxygens (including phenoxy) is 4. The van der Waals surface area contributed by atoms with Gasteiger partial charge < -0.3 is 18.9 Å². The smallest absolute Gasteiger partial charge is 0.421 e. The fourth-order valence-corrected chi connectivity index (χ4v) is 4.02. The van der Waals surface area contributed by atoms with Crippen LogP contribution in [0.25, 0.3) is 0 Å². The van der Waals surface area contributed by atoms with Crippen molar-refractivity contribution in [3.8, 4) is 11.8 Å². The Morgan fingerprint density at radius 2 is 1.27 bits per heavy atom. The summed E-state index contributed by atoms with van der Waals surface area (Å²) in [6, 6.07) is 3.33. The zero-order valence-corrected chi connectivity index (χ0v) is 24.6. The lowest BCUT2D eigenvalue weighted by Gasteiger charge is -2.24. The summed E-state index contributed by atoms with van der Waals surface area (Å²) in [7, 11) is 3.00. The molecule has 0 unspecified atom stereocenters. The van der Waals surface area contributed by atoms with Gasteiger partial charge in [-0.1, -0.05) is 0 Å². The van der Waals surface area contributed by atoms with Crippen molar-refractivity contribution in [2.45, 2.75) is 78.4 Å². The van der Waals surface area contributed by atoms with Crippen LogP contribution in [0.3, 0.4) is 0 Å². The maximum atomic E-state index is 12.6. The second-order valence-electron chi connectivity index (χ2n) is 11.7. The second kappa shape index (κ2) is 10.7. The first-order valence-electron chi connectivity index (χ1n) is 12.6. The monoisotopic (exact) mass is 556 g/mol. The van der Waals surface area contributed by atoms with Crippen LogP contribution in [0.1, 0.15) is 66.5 Å². The van der Waals surface area contributed by atoms with Gasteiger partial charge in [0.15, 0.2) is 0 Å². The Bertz CT molecular complexity index is 1340. The predicted octanol–water partition coefficient (Wildman–Crippen LogP) is 4.56. The van der Waals surface area contributed by atoms with Crippen molar-refractivity contribution < 1.29 is 38.1 Å². The van der Waals surface area contributed by atoms with E-state index in [4.69, 9.17) is 18.9 Å². The number of pyridine rings is 2. The molecule has 40 heavy (non-hydrogen) atoms. The number of imide groups is 2. The number of nitrogens with zero attached hydrogens (tertiary/aromatic N) is 4. The molecule has 0 spiro atoms. The summed E-state index contributed by atoms with van der Waals surface area (Å²) in [6.45, 7) is 14.0. The fourth-order valence-electron chi connectivity index (χ4n) is 4.02. The summed E-state index contributed by atoms with van der Waals surface area (Å²) in [5, 5.41) is 0. The molecular formula is C28H36N4O8. The molecular weight excluding hydrogens is 520 g/mol. The third-order valence-electron chi connectivity index (χ3n) is 5.85. The van der Waals surface area contributed by atoms with E-state index in [0.29, 0.717) is 34.3 Å². The minimum absolute atomic E-state index is 0.146. The Labute approximate surface area is 233 Å². The van der Waals surface area contributed by atoms with Crippen LogP contribution in [0.2, 0.25) is 0 Å². The van der Waals surface area contributed by atoms with Gasteiger partial charge in [0.1, 0.15) is 11.2 Å². The summed E-state index contributed by atoms with van der Waals surface area (Å²) in [4.78, 5) is 58.9. The number of aromatic nitrogens is 2. The average molecular weight is 557 g/mol. The van der Waals surface area contributed by atoms with Crippen molar-refractivity contribution in [2.75, 3.05) is 24.0 Å². The first-order valence-corrected chi connectivity index (χ1v) is 12.6. The van der Waals surface area contributed by atoms with Crippen molar-refractivity contribution in [3.63, 3.8) is 0 Å². The van der Waals surface area contributed by atoms with Gasteiger partial charge in [0, 0.05) is 12.1 Å². The Hall–Kier alpha value is -4.22. The third-order valence-corrected chi connectivity index (χ3v) is 5.85. The number of rotatable bonds is 2. The largest absolute Gasteiger partial charge is 0.481 e. The summed E-state index contributed by atoms with van der Waals surface area (Å²) in [6.07, 6.45) is 1.69. The number of carbonyl (C=O) groups is 4. The highest BCUT2D eigenvalue weighted by Crippen LogP contribution is 2.43. The van der Waals surface area contributed by atoms with Crippen LogP contribution in [-0.2, 0) is 30.9 Å². The molecule has 0 N–H and O–H groups in total. The van der Waals surface area contributed by atoms with Crippen LogP contribution in [-0.4, -0.2) is 59.4 Å². The van der Waals surface area contributed by atoms with Gasteiger partial charge in [-0.2, -0.15) is 0 Å². The molecule has 0 saturated heterocycles. The van der Waals surface area contributed by atoms with Crippen molar-refractivity contribution in [2.24, 2.45) is 0 Å². The lowest BCUT2D eigenvalue weighted by Crippen LogP contribution is -2.43. The minimum atomic E-state index is -0.831. The molecule has 12 heteroatoms. The zero-order chi connectivity index (χ0) is 30.2. The van der Waals surface area contributed by atoms with Gasteiger partial charge in [-0.05, 0) is 66.5 Å². The Kier molecular flexibility index (Phi) is 8.14. The van der Waals surface area contributed by atoms with Gasteiger partial charge in [0.25, 0.3) is 0 Å². The van der Waals surface area contributed by atoms with Crippen molar-refractivity contribution in [1.82, 2.24) is 9.97 Å². The first-order chi connectivity index (χ1) is 18.4. The van der Waals surface area contributed by atoms with E-state index in [0.717, 1.165) is 9.80 Å². The maximum absolute atomic E-state index is 12.6. The van der Waals surface area contributed by atoms with Crippen LogP contribution in [0.15, 0.2) is 24.5 Å². The number of hydrogen-bond donors (Lipinski definition) is 0. The average Bonchev–Trinajstić information content (AvgIpc) is 3.26. The summed E-state index contributed by atoms with van der Waals surface area (Å²) in [5.74, 6) is 0.166. The molecule has 0 bridgehead atoms. The molecule has 2 aliphatic heterocycles. The van der Waals surface area contributed by atoms with Gasteiger partial charge in [-0.25, -0.2) is 29.4 Å². The fraction of sp³-hybridized carbons (Fsp3) is 0.500. The van der Waals surface area contributed by atoms with E-state index in [1.807, 2.05) is 0 Å². The number of carbonyl (C=O) groups excluding carboxylic acids is 4. The predicted molar refractivity (Wildman–Crippen MR) is 146 cm³/mol. The van der Waals surface area contributed by atoms with Gasteiger partial charge in [0.05, 0.1) is 49.8 Å². The SMILES string of the molecule is COc1cc2c(cn1)N(C(=O)OC(C)(C)C)C(=O)C2.COc1cc2c(cn1)N(C(=O)OC(C)(C)C)C(=O)C2(C)C. The highest BCUT2D eigenvalue weighted by molar-refractivity contribution is 6.20. The Balaban J connectivity index is 0.000000222. The van der Waals surface area contributed by atoms with Crippen LogP contribution < -0.4 is 19.3 Å². The van der Waals surface area contributed by atoms with Crippen LogP contribution >= 0.6 is 0 Å². The van der Waals surface area contributed by atoms with Gasteiger partial charge in [-0.15, -0.1) is 0 Å². The molecule has 2 aromatic heterocycles. The minimum Gasteiger partial charge on any atom is -0.481 e. The second-order valence-corrected chi connectivity index (χ2v) is 11.7. The highest BCUT2D eigenvalue weighted by Gasteiger charge is 2.48. The maximum Gasteiger partial charge on any atom is 0.421 e. The van der Waals surface area contributed by atoms with E-state index < -0.39 is 28.8 Å². The topological polar surface area (TPSA) is 137 Å². The molecule has 4 amide bonds. The molecule has 216 valence electrons. The van der Waals surface area contributed by atoms with Gasteiger partial charge in [-0.3, -0.25) is 9.59 Å². The molecule has 4 rings (SSSR count). The van der Waals surface area contributed by atoms with Crippen molar-refractivity contribution >= 4 is 35.4 Å². The van der Waals surface area contributed by atoms with E-state index in [9.17, 15) is 19.2 Å². The molecule has 0 saturated carbocycles. The highest BCUT2D eigenvalue weighted by atomic mass is 16.6. The number of methoxy groups -OCH3 is 2.